The maximum Gasteiger partial charge on any atom is 0.269 e. The zero-order valence-electron chi connectivity index (χ0n) is 49.9. The average Bonchev–Trinajstić information content (AvgIpc) is 4.24. The summed E-state index contributed by atoms with van der Waals surface area (Å²) in [6.45, 7) is 3.65. The summed E-state index contributed by atoms with van der Waals surface area (Å²) in [5.74, 6) is 0.839. The molecule has 0 aliphatic carbocycles. The molecular formula is C58H44N4O. The lowest BCUT2D eigenvalue weighted by molar-refractivity contribution is -0.571. The number of fused-ring (bicyclic) bond motifs is 4. The zero-order chi connectivity index (χ0) is 56.3. The zero-order valence-corrected chi connectivity index (χ0v) is 33.9. The summed E-state index contributed by atoms with van der Waals surface area (Å²) in [6, 6.07) is 29.2. The summed E-state index contributed by atoms with van der Waals surface area (Å²) in [7, 11) is 0. The SMILES string of the molecule is [2H]c1c([2H])c([2H])c(-c2cccc(-c3c([2H])c([2H])c([2H])c([2H])c3[2H])c2-[n+]2[c-]n(-c3cccc(Oc4ccc5c6c([2H])c([2H])c([2H])c([2H])c6n(-c6cc(C([2H])([2H])C(C)(C)c7ccccc7)ccn6)c5c4)c3)c3ccccc32)c([2H])c1[2H]. The molecule has 0 aliphatic rings. The maximum absolute atomic E-state index is 9.50. The van der Waals surface area contributed by atoms with Gasteiger partial charge in [-0.05, 0) is 93.7 Å². The van der Waals surface area contributed by atoms with Crippen molar-refractivity contribution in [1.29, 1.82) is 0 Å². The van der Waals surface area contributed by atoms with Gasteiger partial charge in [-0.3, -0.25) is 13.7 Å². The molecule has 0 spiro atoms. The molecule has 8 aromatic carbocycles. The molecule has 11 aromatic rings. The van der Waals surface area contributed by atoms with Crippen LogP contribution < -0.4 is 9.30 Å². The molecule has 0 unspecified atom stereocenters. The summed E-state index contributed by atoms with van der Waals surface area (Å²) in [5, 5.41) is 0.702. The molecule has 0 bridgehead atoms. The second kappa shape index (κ2) is 15.8. The van der Waals surface area contributed by atoms with Gasteiger partial charge in [0.1, 0.15) is 17.3 Å². The highest BCUT2D eigenvalue weighted by molar-refractivity contribution is 6.09. The van der Waals surface area contributed by atoms with Gasteiger partial charge in [0, 0.05) is 25.8 Å². The average molecular weight is 829 g/mol. The smallest absolute Gasteiger partial charge is 0.269 e. The number of ether oxygens (including phenoxy) is 1. The first-order valence-corrected chi connectivity index (χ1v) is 20.1. The summed E-state index contributed by atoms with van der Waals surface area (Å²) < 4.78 is 153. The van der Waals surface area contributed by atoms with E-state index in [1.54, 1.807) is 98.6 Å². The molecule has 0 saturated heterocycles. The van der Waals surface area contributed by atoms with Gasteiger partial charge in [0.25, 0.3) is 6.33 Å². The Hall–Kier alpha value is -8.02. The molecule has 5 nitrogen and oxygen atoms in total. The van der Waals surface area contributed by atoms with Crippen molar-refractivity contribution < 1.29 is 31.2 Å². The van der Waals surface area contributed by atoms with Crippen molar-refractivity contribution in [3.63, 3.8) is 0 Å². The molecule has 0 saturated carbocycles. The van der Waals surface area contributed by atoms with Crippen LogP contribution in [0, 0.1) is 6.33 Å². The molecule has 302 valence electrons. The van der Waals surface area contributed by atoms with Crippen LogP contribution in [0.3, 0.4) is 0 Å². The largest absolute Gasteiger partial charge is 0.458 e. The molecule has 0 fully saturated rings. The highest BCUT2D eigenvalue weighted by atomic mass is 16.5. The van der Waals surface area contributed by atoms with Crippen LogP contribution in [0.5, 0.6) is 11.5 Å². The molecule has 0 aliphatic heterocycles. The van der Waals surface area contributed by atoms with Crippen molar-refractivity contribution in [3.8, 4) is 50.9 Å². The quantitative estimate of drug-likeness (QED) is 0.102. The van der Waals surface area contributed by atoms with E-state index in [0.717, 1.165) is 5.56 Å². The van der Waals surface area contributed by atoms with Crippen molar-refractivity contribution >= 4 is 32.8 Å². The lowest BCUT2D eigenvalue weighted by atomic mass is 9.79. The Bertz CT molecular complexity index is 4220. The van der Waals surface area contributed by atoms with Crippen LogP contribution in [0.15, 0.2) is 218 Å². The first-order valence-electron chi connectivity index (χ1n) is 28.1. The fourth-order valence-electron chi connectivity index (χ4n) is 8.10. The van der Waals surface area contributed by atoms with E-state index in [9.17, 15) is 2.74 Å². The van der Waals surface area contributed by atoms with Gasteiger partial charge in [-0.1, -0.05) is 171 Å². The molecule has 63 heavy (non-hydrogen) atoms. The van der Waals surface area contributed by atoms with Gasteiger partial charge < -0.3 is 4.74 Å². The molecular weight excluding hydrogens is 769 g/mol. The lowest BCUT2D eigenvalue weighted by Gasteiger charge is -2.25. The fraction of sp³-hybridized carbons (Fsp3) is 0.0690. The Labute approximate surface area is 389 Å². The number of benzene rings is 8. The summed E-state index contributed by atoms with van der Waals surface area (Å²) in [4.78, 5) is 4.67. The van der Waals surface area contributed by atoms with E-state index in [4.69, 9.17) is 23.9 Å². The predicted octanol–water partition coefficient (Wildman–Crippen LogP) is 13.8. The van der Waals surface area contributed by atoms with Gasteiger partial charge >= 0.3 is 0 Å². The Morgan fingerprint density at radius 3 is 2.08 bits per heavy atom. The minimum atomic E-state index is -1.95. The van der Waals surface area contributed by atoms with Gasteiger partial charge in [-0.25, -0.2) is 4.98 Å². The number of nitrogens with zero attached hydrogens (tertiary/aromatic N) is 4. The molecule has 0 atom stereocenters. The van der Waals surface area contributed by atoms with Crippen molar-refractivity contribution in [3.05, 3.63) is 236 Å². The normalized spacial score (nSPS) is 15.5. The minimum Gasteiger partial charge on any atom is -0.458 e. The third-order valence-corrected chi connectivity index (χ3v) is 11.0. The Morgan fingerprint density at radius 2 is 1.30 bits per heavy atom. The molecule has 3 heterocycles. The van der Waals surface area contributed by atoms with Crippen LogP contribution in [0.2, 0.25) is 0 Å². The van der Waals surface area contributed by atoms with E-state index in [1.807, 2.05) is 50.2 Å². The second-order valence-corrected chi connectivity index (χ2v) is 15.3. The molecule has 5 heteroatoms. The minimum absolute atomic E-state index is 0.0972. The maximum atomic E-state index is 9.50. The van der Waals surface area contributed by atoms with Crippen molar-refractivity contribution in [2.75, 3.05) is 0 Å². The van der Waals surface area contributed by atoms with Crippen molar-refractivity contribution in [2.24, 2.45) is 0 Å². The van der Waals surface area contributed by atoms with E-state index in [2.05, 4.69) is 11.3 Å². The van der Waals surface area contributed by atoms with E-state index in [1.165, 1.54) is 12.3 Å². The monoisotopic (exact) mass is 828 g/mol. The third kappa shape index (κ3) is 7.04. The topological polar surface area (TPSA) is 35.9 Å². The Kier molecular flexibility index (Phi) is 6.12. The van der Waals surface area contributed by atoms with E-state index in [0.29, 0.717) is 44.7 Å². The van der Waals surface area contributed by atoms with Crippen LogP contribution in [0.4, 0.5) is 0 Å². The van der Waals surface area contributed by atoms with Gasteiger partial charge in [0.05, 0.1) is 52.6 Å². The van der Waals surface area contributed by atoms with Gasteiger partial charge in [0.15, 0.2) is 0 Å². The Morgan fingerprint density at radius 1 is 0.619 bits per heavy atom. The van der Waals surface area contributed by atoms with Crippen molar-refractivity contribution in [1.82, 2.24) is 14.1 Å². The number of hydrogen-bond acceptors (Lipinski definition) is 2. The van der Waals surface area contributed by atoms with Gasteiger partial charge in [-0.2, -0.15) is 0 Å². The van der Waals surface area contributed by atoms with Crippen LogP contribution in [-0.2, 0) is 11.8 Å². The van der Waals surface area contributed by atoms with Gasteiger partial charge in [0.2, 0.25) is 0 Å². The highest BCUT2D eigenvalue weighted by Gasteiger charge is 2.23. The number of imidazole rings is 1. The highest BCUT2D eigenvalue weighted by Crippen LogP contribution is 2.38. The van der Waals surface area contributed by atoms with Crippen LogP contribution in [-0.4, -0.2) is 14.1 Å². The Balaban J connectivity index is 1.07. The molecule has 0 N–H and O–H groups in total. The van der Waals surface area contributed by atoms with Crippen LogP contribution in [0.25, 0.3) is 72.3 Å². The first kappa shape index (κ1) is 24.4. The number of aromatic nitrogens is 4. The van der Waals surface area contributed by atoms with E-state index >= 15 is 0 Å². The molecule has 0 amide bonds. The summed E-state index contributed by atoms with van der Waals surface area (Å²) in [6.07, 6.45) is 2.91. The first-order chi connectivity index (χ1) is 37.6. The van der Waals surface area contributed by atoms with E-state index < -0.39 is 84.3 Å². The number of rotatable bonds is 10. The standard InChI is InChI=1S/C58H44N4O/c1-58(2,44-22-10-5-11-23-44)39-41-34-35-59-56(36-41)62-52-29-13-12-26-50(52)51-33-32-47(38-55(51)62)63-46-25-16-24-45(37-46)60-40-61(54-31-15-14-30-53(54)60)57-48(42-18-6-3-7-19-42)27-17-28-49(57)43-20-8-4-9-21-43/h3-38H,39H2,1-2H3/i3D,4D,6D,7D,8D,9D,12D,13D,18D,19D,20D,21D,26D,29D,39D2. The summed E-state index contributed by atoms with van der Waals surface area (Å²) in [5.41, 5.74) is 2.06. The molecule has 0 radical (unpaired) electrons. The van der Waals surface area contributed by atoms with Crippen molar-refractivity contribution in [2.45, 2.75) is 25.6 Å². The fourth-order valence-corrected chi connectivity index (χ4v) is 8.10. The predicted molar refractivity (Wildman–Crippen MR) is 256 cm³/mol. The second-order valence-electron chi connectivity index (χ2n) is 15.3. The molecule has 3 aromatic heterocycles. The summed E-state index contributed by atoms with van der Waals surface area (Å²) >= 11 is 0. The van der Waals surface area contributed by atoms with Crippen LogP contribution >= 0.6 is 0 Å². The van der Waals surface area contributed by atoms with Crippen LogP contribution in [0.1, 0.15) is 46.9 Å². The number of pyridine rings is 1. The number of hydrogen-bond donors (Lipinski definition) is 0. The molecule has 11 rings (SSSR count). The van der Waals surface area contributed by atoms with Gasteiger partial charge in [-0.15, -0.1) is 0 Å². The third-order valence-electron chi connectivity index (χ3n) is 11.0. The number of para-hydroxylation sites is 4. The lowest BCUT2D eigenvalue weighted by Crippen LogP contribution is -2.31. The van der Waals surface area contributed by atoms with E-state index in [-0.39, 0.29) is 56.7 Å².